The van der Waals surface area contributed by atoms with Crippen molar-refractivity contribution in [2.75, 3.05) is 13.1 Å². The molecule has 5 heteroatoms. The first-order chi connectivity index (χ1) is 10.2. The van der Waals surface area contributed by atoms with Gasteiger partial charge in [-0.1, -0.05) is 18.2 Å². The molecule has 1 aliphatic carbocycles. The highest BCUT2D eigenvalue weighted by Gasteiger charge is 2.36. The van der Waals surface area contributed by atoms with Gasteiger partial charge in [0.2, 0.25) is 0 Å². The van der Waals surface area contributed by atoms with Gasteiger partial charge < -0.3 is 5.32 Å². The van der Waals surface area contributed by atoms with Gasteiger partial charge in [0, 0.05) is 36.3 Å². The van der Waals surface area contributed by atoms with Gasteiger partial charge in [-0.25, -0.2) is 0 Å². The monoisotopic (exact) mass is 289 g/mol. The van der Waals surface area contributed by atoms with Gasteiger partial charge in [-0.05, 0) is 39.2 Å². The first-order valence-corrected chi connectivity index (χ1v) is 7.89. The molecule has 2 unspecified atom stereocenters. The number of nitro benzene ring substituents is 1. The number of para-hydroxylation sites is 1. The SMILES string of the molecule is CC(c1ccccc1[N+](=O)[O-])N(CC1CCCN1)C1CC1. The van der Waals surface area contributed by atoms with Crippen LogP contribution in [-0.4, -0.2) is 35.0 Å². The Balaban J connectivity index is 1.80. The second-order valence-corrected chi connectivity index (χ2v) is 6.21. The summed E-state index contributed by atoms with van der Waals surface area (Å²) in [6, 6.07) is 8.40. The van der Waals surface area contributed by atoms with E-state index in [9.17, 15) is 10.1 Å². The highest BCUT2D eigenvalue weighted by atomic mass is 16.6. The lowest BCUT2D eigenvalue weighted by molar-refractivity contribution is -0.386. The van der Waals surface area contributed by atoms with Crippen LogP contribution >= 0.6 is 0 Å². The van der Waals surface area contributed by atoms with E-state index >= 15 is 0 Å². The lowest BCUT2D eigenvalue weighted by Crippen LogP contribution is -2.40. The van der Waals surface area contributed by atoms with Crippen LogP contribution in [0.4, 0.5) is 5.69 Å². The Bertz CT molecular complexity index is 510. The Morgan fingerprint density at radius 1 is 1.38 bits per heavy atom. The predicted octanol–water partition coefficient (Wildman–Crippen LogP) is 2.87. The molecule has 2 fully saturated rings. The lowest BCUT2D eigenvalue weighted by atomic mass is 10.0. The number of hydrogen-bond acceptors (Lipinski definition) is 4. The third kappa shape index (κ3) is 3.24. The first kappa shape index (κ1) is 14.5. The summed E-state index contributed by atoms with van der Waals surface area (Å²) >= 11 is 0. The molecule has 21 heavy (non-hydrogen) atoms. The molecule has 114 valence electrons. The highest BCUT2D eigenvalue weighted by Crippen LogP contribution is 2.37. The zero-order valence-electron chi connectivity index (χ0n) is 12.5. The van der Waals surface area contributed by atoms with Crippen molar-refractivity contribution >= 4 is 5.69 Å². The maximum atomic E-state index is 11.3. The van der Waals surface area contributed by atoms with E-state index in [0.717, 1.165) is 18.7 Å². The van der Waals surface area contributed by atoms with Crippen molar-refractivity contribution in [3.05, 3.63) is 39.9 Å². The molecule has 0 amide bonds. The van der Waals surface area contributed by atoms with E-state index in [1.165, 1.54) is 25.7 Å². The van der Waals surface area contributed by atoms with E-state index < -0.39 is 0 Å². The molecule has 1 aromatic carbocycles. The molecule has 0 spiro atoms. The molecule has 1 aromatic rings. The molecule has 0 radical (unpaired) electrons. The fraction of sp³-hybridized carbons (Fsp3) is 0.625. The second kappa shape index (κ2) is 6.12. The van der Waals surface area contributed by atoms with E-state index in [-0.39, 0.29) is 16.7 Å². The molecular formula is C16H23N3O2. The Hall–Kier alpha value is -1.46. The average Bonchev–Trinajstić information content (AvgIpc) is 3.20. The number of hydrogen-bond donors (Lipinski definition) is 1. The lowest BCUT2D eigenvalue weighted by Gasteiger charge is -2.31. The van der Waals surface area contributed by atoms with Crippen LogP contribution in [-0.2, 0) is 0 Å². The maximum Gasteiger partial charge on any atom is 0.274 e. The molecule has 5 nitrogen and oxygen atoms in total. The fourth-order valence-corrected chi connectivity index (χ4v) is 3.38. The van der Waals surface area contributed by atoms with E-state index in [1.807, 2.05) is 12.1 Å². The minimum absolute atomic E-state index is 0.0986. The zero-order chi connectivity index (χ0) is 14.8. The molecule has 0 aromatic heterocycles. The molecule has 0 bridgehead atoms. The summed E-state index contributed by atoms with van der Waals surface area (Å²) in [6.07, 6.45) is 4.89. The van der Waals surface area contributed by atoms with Crippen LogP contribution in [0.2, 0.25) is 0 Å². The summed E-state index contributed by atoms with van der Waals surface area (Å²) in [5, 5.41) is 14.8. The minimum Gasteiger partial charge on any atom is -0.313 e. The van der Waals surface area contributed by atoms with E-state index in [1.54, 1.807) is 12.1 Å². The van der Waals surface area contributed by atoms with Crippen molar-refractivity contribution in [2.24, 2.45) is 0 Å². The predicted molar refractivity (Wildman–Crippen MR) is 82.3 cm³/mol. The van der Waals surface area contributed by atoms with Gasteiger partial charge in [-0.3, -0.25) is 15.0 Å². The number of nitro groups is 1. The van der Waals surface area contributed by atoms with E-state index in [0.29, 0.717) is 12.1 Å². The summed E-state index contributed by atoms with van der Waals surface area (Å²) in [5.74, 6) is 0. The minimum atomic E-state index is -0.259. The highest BCUT2D eigenvalue weighted by molar-refractivity contribution is 5.42. The van der Waals surface area contributed by atoms with E-state index in [4.69, 9.17) is 0 Å². The maximum absolute atomic E-state index is 11.3. The molecule has 1 heterocycles. The third-order valence-corrected chi connectivity index (χ3v) is 4.69. The van der Waals surface area contributed by atoms with E-state index in [2.05, 4.69) is 17.1 Å². The number of nitrogens with one attached hydrogen (secondary N) is 1. The van der Waals surface area contributed by atoms with Gasteiger partial charge in [0.25, 0.3) is 5.69 Å². The normalized spacial score (nSPS) is 23.4. The topological polar surface area (TPSA) is 58.4 Å². The summed E-state index contributed by atoms with van der Waals surface area (Å²) in [4.78, 5) is 13.5. The van der Waals surface area contributed by atoms with Crippen LogP contribution in [0.3, 0.4) is 0 Å². The summed E-state index contributed by atoms with van der Waals surface area (Å²) in [7, 11) is 0. The van der Waals surface area contributed by atoms with Crippen LogP contribution in [0.15, 0.2) is 24.3 Å². The molecule has 1 N–H and O–H groups in total. The number of benzene rings is 1. The average molecular weight is 289 g/mol. The van der Waals surface area contributed by atoms with Crippen molar-refractivity contribution < 1.29 is 4.92 Å². The summed E-state index contributed by atoms with van der Waals surface area (Å²) in [5.41, 5.74) is 1.09. The van der Waals surface area contributed by atoms with Crippen LogP contribution in [0, 0.1) is 10.1 Å². The quantitative estimate of drug-likeness (QED) is 0.646. The molecule has 2 aliphatic rings. The summed E-state index contributed by atoms with van der Waals surface area (Å²) in [6.45, 7) is 4.20. The molecule has 1 aliphatic heterocycles. The Kier molecular flexibility index (Phi) is 4.22. The smallest absolute Gasteiger partial charge is 0.274 e. The van der Waals surface area contributed by atoms with Gasteiger partial charge in [-0.15, -0.1) is 0 Å². The van der Waals surface area contributed by atoms with Crippen molar-refractivity contribution in [3.63, 3.8) is 0 Å². The van der Waals surface area contributed by atoms with Gasteiger partial charge in [0.05, 0.1) is 4.92 Å². The Morgan fingerprint density at radius 2 is 2.14 bits per heavy atom. The third-order valence-electron chi connectivity index (χ3n) is 4.69. The van der Waals surface area contributed by atoms with Crippen molar-refractivity contribution in [3.8, 4) is 0 Å². The van der Waals surface area contributed by atoms with Crippen LogP contribution < -0.4 is 5.32 Å². The number of rotatable bonds is 6. The second-order valence-electron chi connectivity index (χ2n) is 6.21. The Labute approximate surface area is 125 Å². The Morgan fingerprint density at radius 3 is 2.76 bits per heavy atom. The van der Waals surface area contributed by atoms with Crippen molar-refractivity contribution in [1.82, 2.24) is 10.2 Å². The van der Waals surface area contributed by atoms with Crippen LogP contribution in [0.25, 0.3) is 0 Å². The van der Waals surface area contributed by atoms with Crippen molar-refractivity contribution in [1.29, 1.82) is 0 Å². The van der Waals surface area contributed by atoms with Crippen LogP contribution in [0.1, 0.15) is 44.2 Å². The first-order valence-electron chi connectivity index (χ1n) is 7.89. The van der Waals surface area contributed by atoms with Gasteiger partial charge in [-0.2, -0.15) is 0 Å². The van der Waals surface area contributed by atoms with Gasteiger partial charge in [0.1, 0.15) is 0 Å². The molecule has 1 saturated carbocycles. The molecule has 2 atom stereocenters. The largest absolute Gasteiger partial charge is 0.313 e. The molecule has 1 saturated heterocycles. The zero-order valence-corrected chi connectivity index (χ0v) is 12.5. The number of nitrogens with zero attached hydrogens (tertiary/aromatic N) is 2. The van der Waals surface area contributed by atoms with Gasteiger partial charge in [0.15, 0.2) is 0 Å². The van der Waals surface area contributed by atoms with Gasteiger partial charge >= 0.3 is 0 Å². The molecular weight excluding hydrogens is 266 g/mol. The fourth-order valence-electron chi connectivity index (χ4n) is 3.38. The standard InChI is InChI=1S/C16H23N3O2/c1-12(15-6-2-3-7-16(15)19(20)21)18(14-8-9-14)11-13-5-4-10-17-13/h2-3,6-7,12-14,17H,4-5,8-11H2,1H3. The summed E-state index contributed by atoms with van der Waals surface area (Å²) < 4.78 is 0. The van der Waals surface area contributed by atoms with Crippen molar-refractivity contribution in [2.45, 2.75) is 50.7 Å². The molecule has 3 rings (SSSR count). The van der Waals surface area contributed by atoms with Crippen LogP contribution in [0.5, 0.6) is 0 Å².